The van der Waals surface area contributed by atoms with Gasteiger partial charge in [0.1, 0.15) is 34.5 Å². The van der Waals surface area contributed by atoms with Gasteiger partial charge in [0.25, 0.3) is 11.8 Å². The summed E-state index contributed by atoms with van der Waals surface area (Å²) in [6.07, 6.45) is 1.24. The summed E-state index contributed by atoms with van der Waals surface area (Å²) in [4.78, 5) is 68.1. The Morgan fingerprint density at radius 2 is 1.98 bits per heavy atom. The average Bonchev–Trinajstić information content (AvgIpc) is 3.37. The number of phenolic OH excluding ortho intramolecular Hbond substituents is 1. The standard InChI is InChI=1S/C25H24N8O7S2/c1-11-7-16(35)15(8-26-11)20(36)27-17(12-3-5-14(34)6-4-12)21(37)28-18-22(38)33-19(24(39)40)13(9-41-23(18)33)10-42-25-29-30-31-32(25)2/h3-8,17-18,23,34H,9-10H2,1-2H3,(H,26,35)(H,27,36)(H,28,37)(H,39,40)/t17?,18-,23-/m1/s1. The van der Waals surface area contributed by atoms with E-state index in [0.29, 0.717) is 16.4 Å². The number of carboxylic acids is 1. The van der Waals surface area contributed by atoms with E-state index in [1.807, 2.05) is 0 Å². The summed E-state index contributed by atoms with van der Waals surface area (Å²) >= 11 is 2.52. The molecule has 2 aromatic heterocycles. The molecule has 218 valence electrons. The highest BCUT2D eigenvalue weighted by Gasteiger charge is 2.54. The van der Waals surface area contributed by atoms with Crippen LogP contribution >= 0.6 is 23.5 Å². The third-order valence-electron chi connectivity index (χ3n) is 6.57. The highest BCUT2D eigenvalue weighted by atomic mass is 32.2. The molecule has 2 aliphatic heterocycles. The Balaban J connectivity index is 1.34. The number of fused-ring (bicyclic) bond motifs is 1. The maximum Gasteiger partial charge on any atom is 0.352 e. The predicted molar refractivity (Wildman–Crippen MR) is 149 cm³/mol. The summed E-state index contributed by atoms with van der Waals surface area (Å²) in [6, 6.07) is 4.35. The van der Waals surface area contributed by atoms with Crippen molar-refractivity contribution in [2.24, 2.45) is 7.05 Å². The molecule has 0 radical (unpaired) electrons. The first-order valence-electron chi connectivity index (χ1n) is 12.4. The van der Waals surface area contributed by atoms with Crippen LogP contribution in [0, 0.1) is 6.92 Å². The number of benzene rings is 1. The summed E-state index contributed by atoms with van der Waals surface area (Å²) in [5.41, 5.74) is 0.417. The highest BCUT2D eigenvalue weighted by molar-refractivity contribution is 8.01. The molecule has 17 heteroatoms. The molecule has 1 fully saturated rings. The number of aromatic hydroxyl groups is 1. The number of tetrazole rings is 1. The maximum absolute atomic E-state index is 13.5. The fraction of sp³-hybridized carbons (Fsp3) is 0.280. The molecule has 5 N–H and O–H groups in total. The minimum Gasteiger partial charge on any atom is -0.508 e. The molecular formula is C25H24N8O7S2. The Hall–Kier alpha value is -4.64. The van der Waals surface area contributed by atoms with E-state index in [2.05, 4.69) is 31.1 Å². The number of aryl methyl sites for hydroxylation is 2. The first-order valence-corrected chi connectivity index (χ1v) is 14.4. The molecule has 0 saturated carbocycles. The van der Waals surface area contributed by atoms with Gasteiger partial charge in [0.15, 0.2) is 5.43 Å². The van der Waals surface area contributed by atoms with Crippen LogP contribution < -0.4 is 16.1 Å². The van der Waals surface area contributed by atoms with Crippen molar-refractivity contribution in [3.63, 3.8) is 0 Å². The van der Waals surface area contributed by atoms with E-state index in [1.165, 1.54) is 64.7 Å². The zero-order chi connectivity index (χ0) is 30.1. The van der Waals surface area contributed by atoms with Gasteiger partial charge in [-0.1, -0.05) is 23.9 Å². The molecule has 42 heavy (non-hydrogen) atoms. The van der Waals surface area contributed by atoms with Gasteiger partial charge in [0.05, 0.1) is 0 Å². The van der Waals surface area contributed by atoms with Gasteiger partial charge in [-0.3, -0.25) is 24.1 Å². The van der Waals surface area contributed by atoms with Crippen molar-refractivity contribution in [1.29, 1.82) is 0 Å². The molecule has 0 aliphatic carbocycles. The Morgan fingerprint density at radius 1 is 1.24 bits per heavy atom. The van der Waals surface area contributed by atoms with Crippen LogP contribution in [0.15, 0.2) is 57.7 Å². The number of H-pyrrole nitrogens is 1. The maximum atomic E-state index is 13.5. The van der Waals surface area contributed by atoms with Crippen molar-refractivity contribution in [2.75, 3.05) is 11.5 Å². The number of carbonyl (C=O) groups excluding carboxylic acids is 3. The minimum absolute atomic E-state index is 0.0694. The van der Waals surface area contributed by atoms with Crippen LogP contribution in [-0.2, 0) is 21.4 Å². The summed E-state index contributed by atoms with van der Waals surface area (Å²) in [5, 5.41) is 35.8. The number of carboxylic acid groups (broad SMARTS) is 1. The topological polar surface area (TPSA) is 212 Å². The van der Waals surface area contributed by atoms with Crippen LogP contribution in [0.5, 0.6) is 5.75 Å². The third-order valence-corrected chi connectivity index (χ3v) is 9.01. The van der Waals surface area contributed by atoms with Crippen molar-refractivity contribution >= 4 is 47.2 Å². The third kappa shape index (κ3) is 5.60. The highest BCUT2D eigenvalue weighted by Crippen LogP contribution is 2.41. The molecule has 0 bridgehead atoms. The van der Waals surface area contributed by atoms with Gasteiger partial charge in [0.2, 0.25) is 11.1 Å². The van der Waals surface area contributed by atoms with Crippen molar-refractivity contribution < 1.29 is 29.4 Å². The SMILES string of the molecule is Cc1cc(=O)c(C(=O)NC(C(=O)N[C@@H]2C(=O)N3C(C(=O)O)=C(CSc4nnnn4C)CS[C@H]23)c2ccc(O)cc2)c[nH]1. The molecule has 2 aliphatic rings. The predicted octanol–water partition coefficient (Wildman–Crippen LogP) is -0.0856. The first kappa shape index (κ1) is 28.9. The van der Waals surface area contributed by atoms with E-state index in [-0.39, 0.29) is 34.1 Å². The normalized spacial score (nSPS) is 18.6. The second-order valence-corrected chi connectivity index (χ2v) is 11.5. The quantitative estimate of drug-likeness (QED) is 0.159. The molecule has 1 saturated heterocycles. The summed E-state index contributed by atoms with van der Waals surface area (Å²) in [6.45, 7) is 1.65. The summed E-state index contributed by atoms with van der Waals surface area (Å²) < 4.78 is 1.45. The van der Waals surface area contributed by atoms with Crippen LogP contribution in [0.2, 0.25) is 0 Å². The summed E-state index contributed by atoms with van der Waals surface area (Å²) in [5.74, 6) is -3.02. The summed E-state index contributed by atoms with van der Waals surface area (Å²) in [7, 11) is 1.65. The van der Waals surface area contributed by atoms with Gasteiger partial charge in [-0.2, -0.15) is 0 Å². The number of phenols is 1. The number of amides is 3. The Kier molecular flexibility index (Phi) is 8.04. The number of aliphatic carboxylic acids is 1. The van der Waals surface area contributed by atoms with E-state index in [0.717, 1.165) is 4.90 Å². The van der Waals surface area contributed by atoms with Crippen LogP contribution in [0.25, 0.3) is 0 Å². The molecule has 0 spiro atoms. The van der Waals surface area contributed by atoms with Crippen molar-refractivity contribution in [1.82, 2.24) is 40.7 Å². The molecule has 3 atom stereocenters. The fourth-order valence-corrected chi connectivity index (χ4v) is 6.79. The lowest BCUT2D eigenvalue weighted by atomic mass is 10.0. The Labute approximate surface area is 245 Å². The zero-order valence-corrected chi connectivity index (χ0v) is 23.7. The van der Waals surface area contributed by atoms with Crippen LogP contribution in [0.3, 0.4) is 0 Å². The number of rotatable bonds is 9. The monoisotopic (exact) mass is 612 g/mol. The lowest BCUT2D eigenvalue weighted by Gasteiger charge is -2.49. The number of thioether (sulfide) groups is 2. The van der Waals surface area contributed by atoms with Crippen LogP contribution in [0.1, 0.15) is 27.7 Å². The number of hydrogen-bond acceptors (Lipinski definition) is 11. The van der Waals surface area contributed by atoms with E-state index in [1.54, 1.807) is 14.0 Å². The molecule has 5 rings (SSSR count). The van der Waals surface area contributed by atoms with Gasteiger partial charge in [-0.05, 0) is 40.6 Å². The largest absolute Gasteiger partial charge is 0.508 e. The van der Waals surface area contributed by atoms with E-state index < -0.39 is 46.6 Å². The fourth-order valence-electron chi connectivity index (χ4n) is 4.45. The number of β-lactam (4-membered cyclic amide) rings is 1. The zero-order valence-electron chi connectivity index (χ0n) is 22.1. The van der Waals surface area contributed by atoms with Crippen LogP contribution in [-0.4, -0.2) is 86.9 Å². The number of nitrogens with one attached hydrogen (secondary N) is 3. The number of aromatic amines is 1. The van der Waals surface area contributed by atoms with Gasteiger partial charge in [-0.25, -0.2) is 9.48 Å². The van der Waals surface area contributed by atoms with Crippen molar-refractivity contribution in [2.45, 2.75) is 29.5 Å². The van der Waals surface area contributed by atoms with Gasteiger partial charge < -0.3 is 25.8 Å². The molecule has 4 heterocycles. The first-order chi connectivity index (χ1) is 20.0. The number of hydrogen-bond donors (Lipinski definition) is 5. The number of carbonyl (C=O) groups is 4. The van der Waals surface area contributed by atoms with E-state index in [4.69, 9.17) is 0 Å². The minimum atomic E-state index is -1.34. The smallest absolute Gasteiger partial charge is 0.352 e. The molecular weight excluding hydrogens is 588 g/mol. The van der Waals surface area contributed by atoms with Gasteiger partial charge in [0, 0.05) is 36.5 Å². The number of aromatic nitrogens is 5. The number of pyridine rings is 1. The van der Waals surface area contributed by atoms with Crippen molar-refractivity contribution in [3.8, 4) is 5.75 Å². The molecule has 3 aromatic rings. The molecule has 3 amide bonds. The Morgan fingerprint density at radius 3 is 2.62 bits per heavy atom. The average molecular weight is 613 g/mol. The number of nitrogens with zero attached hydrogens (tertiary/aromatic N) is 5. The van der Waals surface area contributed by atoms with Crippen molar-refractivity contribution in [3.05, 3.63) is 74.8 Å². The molecule has 1 unspecified atom stereocenters. The molecule has 1 aromatic carbocycles. The van der Waals surface area contributed by atoms with Crippen LogP contribution in [0.4, 0.5) is 0 Å². The lowest BCUT2D eigenvalue weighted by molar-refractivity contribution is -0.151. The molecule has 15 nitrogen and oxygen atoms in total. The van der Waals surface area contributed by atoms with Gasteiger partial charge in [-0.15, -0.1) is 16.9 Å². The second kappa shape index (κ2) is 11.7. The second-order valence-electron chi connectivity index (χ2n) is 9.42. The van der Waals surface area contributed by atoms with Gasteiger partial charge >= 0.3 is 5.97 Å². The Bertz CT molecular complexity index is 1670. The lowest BCUT2D eigenvalue weighted by Crippen LogP contribution is -2.71. The van der Waals surface area contributed by atoms with E-state index in [9.17, 15) is 34.2 Å². The van der Waals surface area contributed by atoms with E-state index >= 15 is 0 Å².